The monoisotopic (exact) mass is 382 g/mol. The summed E-state index contributed by atoms with van der Waals surface area (Å²) in [5.74, 6) is 1.35. The number of hydrogen-bond donors (Lipinski definition) is 0. The lowest BCUT2D eigenvalue weighted by Crippen LogP contribution is -2.45. The van der Waals surface area contributed by atoms with E-state index in [0.29, 0.717) is 31.1 Å². The van der Waals surface area contributed by atoms with Crippen LogP contribution in [0.25, 0.3) is 0 Å². The summed E-state index contributed by atoms with van der Waals surface area (Å²) in [4.78, 5) is 28.4. The molecule has 0 N–H and O–H groups in total. The van der Waals surface area contributed by atoms with Gasteiger partial charge in [0.05, 0.1) is 12.3 Å². The number of ether oxygens (including phenoxy) is 2. The fraction of sp³-hybridized carbons (Fsp3) is 0.364. The van der Waals surface area contributed by atoms with E-state index in [0.717, 1.165) is 11.3 Å². The van der Waals surface area contributed by atoms with Crippen molar-refractivity contribution in [3.05, 3.63) is 54.1 Å². The number of carbonyl (C=O) groups is 2. The molecule has 0 radical (unpaired) electrons. The molecule has 2 aromatic rings. The summed E-state index contributed by atoms with van der Waals surface area (Å²) in [6.45, 7) is 5.13. The molecule has 28 heavy (non-hydrogen) atoms. The lowest BCUT2D eigenvalue weighted by molar-refractivity contribution is -0.130. The van der Waals surface area contributed by atoms with Crippen molar-refractivity contribution < 1.29 is 19.1 Å². The number of amides is 2. The molecule has 0 bridgehead atoms. The molecule has 2 amide bonds. The van der Waals surface area contributed by atoms with Crippen LogP contribution in [-0.2, 0) is 16.1 Å². The van der Waals surface area contributed by atoms with Crippen LogP contribution >= 0.6 is 0 Å². The molecular formula is C22H26N2O4. The van der Waals surface area contributed by atoms with Crippen molar-refractivity contribution in [3.63, 3.8) is 0 Å². The fourth-order valence-corrected chi connectivity index (χ4v) is 3.21. The van der Waals surface area contributed by atoms with Gasteiger partial charge in [-0.05, 0) is 43.7 Å². The summed E-state index contributed by atoms with van der Waals surface area (Å²) in [6.07, 6.45) is -0.299. The number of anilines is 1. The first-order chi connectivity index (χ1) is 13.5. The molecule has 148 valence electrons. The Morgan fingerprint density at radius 3 is 2.61 bits per heavy atom. The van der Waals surface area contributed by atoms with Crippen LogP contribution in [0.15, 0.2) is 48.5 Å². The minimum Gasteiger partial charge on any atom is -0.494 e. The second kappa shape index (κ2) is 8.78. The molecule has 1 heterocycles. The Labute approximate surface area is 165 Å². The minimum absolute atomic E-state index is 0.0155. The van der Waals surface area contributed by atoms with Gasteiger partial charge in [0.15, 0.2) is 6.10 Å². The number of benzene rings is 2. The van der Waals surface area contributed by atoms with E-state index in [1.807, 2.05) is 55.5 Å². The van der Waals surface area contributed by atoms with E-state index in [1.165, 1.54) is 0 Å². The number of rotatable bonds is 7. The molecule has 1 atom stereocenters. The lowest BCUT2D eigenvalue weighted by Gasteiger charge is -2.33. The Kier molecular flexibility index (Phi) is 6.19. The van der Waals surface area contributed by atoms with Crippen LogP contribution in [0.2, 0.25) is 0 Å². The van der Waals surface area contributed by atoms with Crippen LogP contribution in [0.5, 0.6) is 11.5 Å². The maximum absolute atomic E-state index is 12.6. The third kappa shape index (κ3) is 4.44. The fourth-order valence-electron chi connectivity index (χ4n) is 3.21. The molecule has 0 fully saturated rings. The summed E-state index contributed by atoms with van der Waals surface area (Å²) in [6, 6.07) is 15.1. The summed E-state index contributed by atoms with van der Waals surface area (Å²) in [5, 5.41) is 0. The SMILES string of the molecule is CCOc1ccc(CN(C)C(=O)CCN2C(=O)C(C)Oc3ccccc32)cc1. The van der Waals surface area contributed by atoms with Gasteiger partial charge in [-0.25, -0.2) is 0 Å². The van der Waals surface area contributed by atoms with E-state index in [1.54, 1.807) is 23.8 Å². The van der Waals surface area contributed by atoms with E-state index < -0.39 is 6.10 Å². The van der Waals surface area contributed by atoms with Crippen molar-refractivity contribution in [1.29, 1.82) is 0 Å². The van der Waals surface area contributed by atoms with Gasteiger partial charge in [-0.2, -0.15) is 0 Å². The van der Waals surface area contributed by atoms with E-state index in [2.05, 4.69) is 0 Å². The molecule has 6 nitrogen and oxygen atoms in total. The smallest absolute Gasteiger partial charge is 0.267 e. The number of hydrogen-bond acceptors (Lipinski definition) is 4. The van der Waals surface area contributed by atoms with Crippen LogP contribution in [0, 0.1) is 0 Å². The van der Waals surface area contributed by atoms with Crippen LogP contribution < -0.4 is 14.4 Å². The predicted octanol–water partition coefficient (Wildman–Crippen LogP) is 3.25. The number of fused-ring (bicyclic) bond motifs is 1. The van der Waals surface area contributed by atoms with Gasteiger partial charge in [0.25, 0.3) is 5.91 Å². The van der Waals surface area contributed by atoms with Gasteiger partial charge >= 0.3 is 0 Å². The molecule has 2 aromatic carbocycles. The van der Waals surface area contributed by atoms with Crippen molar-refractivity contribution in [3.8, 4) is 11.5 Å². The van der Waals surface area contributed by atoms with Gasteiger partial charge in [0, 0.05) is 26.6 Å². The highest BCUT2D eigenvalue weighted by Crippen LogP contribution is 2.33. The molecule has 3 rings (SSSR count). The number of para-hydroxylation sites is 2. The predicted molar refractivity (Wildman–Crippen MR) is 108 cm³/mol. The second-order valence-electron chi connectivity index (χ2n) is 6.79. The Morgan fingerprint density at radius 2 is 1.89 bits per heavy atom. The summed E-state index contributed by atoms with van der Waals surface area (Å²) < 4.78 is 11.1. The topological polar surface area (TPSA) is 59.1 Å². The molecule has 0 aliphatic carbocycles. The van der Waals surface area contributed by atoms with E-state index in [4.69, 9.17) is 9.47 Å². The lowest BCUT2D eigenvalue weighted by atomic mass is 10.1. The molecular weight excluding hydrogens is 356 g/mol. The molecule has 0 saturated carbocycles. The van der Waals surface area contributed by atoms with Gasteiger partial charge in [0.1, 0.15) is 11.5 Å². The highest BCUT2D eigenvalue weighted by atomic mass is 16.5. The highest BCUT2D eigenvalue weighted by molar-refractivity contribution is 6.00. The van der Waals surface area contributed by atoms with Crippen LogP contribution in [0.3, 0.4) is 0 Å². The standard InChI is InChI=1S/C22H26N2O4/c1-4-27-18-11-9-17(10-12-18)15-23(3)21(25)13-14-24-19-7-5-6-8-20(19)28-16(2)22(24)26/h5-12,16H,4,13-15H2,1-3H3. The quantitative estimate of drug-likeness (QED) is 0.738. The van der Waals surface area contributed by atoms with Crippen molar-refractivity contribution in [2.45, 2.75) is 32.9 Å². The average molecular weight is 382 g/mol. The first kappa shape index (κ1) is 19.7. The molecule has 1 unspecified atom stereocenters. The van der Waals surface area contributed by atoms with Crippen LogP contribution in [-0.4, -0.2) is 43.0 Å². The Bertz CT molecular complexity index is 835. The van der Waals surface area contributed by atoms with E-state index >= 15 is 0 Å². The zero-order valence-electron chi connectivity index (χ0n) is 16.6. The maximum atomic E-state index is 12.6. The van der Waals surface area contributed by atoms with Gasteiger partial charge < -0.3 is 19.3 Å². The van der Waals surface area contributed by atoms with Crippen molar-refractivity contribution in [2.24, 2.45) is 0 Å². The molecule has 6 heteroatoms. The Hall–Kier alpha value is -3.02. The normalized spacial score (nSPS) is 15.6. The van der Waals surface area contributed by atoms with Gasteiger partial charge in [0.2, 0.25) is 5.91 Å². The molecule has 0 saturated heterocycles. The maximum Gasteiger partial charge on any atom is 0.267 e. The highest BCUT2D eigenvalue weighted by Gasteiger charge is 2.31. The second-order valence-corrected chi connectivity index (χ2v) is 6.79. The third-order valence-corrected chi connectivity index (χ3v) is 4.70. The molecule has 1 aliphatic heterocycles. The zero-order chi connectivity index (χ0) is 20.1. The Balaban J connectivity index is 1.59. The minimum atomic E-state index is -0.549. The van der Waals surface area contributed by atoms with Crippen molar-refractivity contribution in [2.75, 3.05) is 25.1 Å². The summed E-state index contributed by atoms with van der Waals surface area (Å²) in [5.41, 5.74) is 1.74. The van der Waals surface area contributed by atoms with Crippen molar-refractivity contribution >= 4 is 17.5 Å². The molecule has 0 aromatic heterocycles. The average Bonchev–Trinajstić information content (AvgIpc) is 2.70. The largest absolute Gasteiger partial charge is 0.494 e. The Morgan fingerprint density at radius 1 is 1.18 bits per heavy atom. The molecule has 0 spiro atoms. The molecule has 1 aliphatic rings. The third-order valence-electron chi connectivity index (χ3n) is 4.70. The number of carbonyl (C=O) groups excluding carboxylic acids is 2. The van der Waals surface area contributed by atoms with E-state index in [-0.39, 0.29) is 18.2 Å². The first-order valence-electron chi connectivity index (χ1n) is 9.52. The van der Waals surface area contributed by atoms with E-state index in [9.17, 15) is 9.59 Å². The van der Waals surface area contributed by atoms with Crippen LogP contribution in [0.1, 0.15) is 25.8 Å². The summed E-state index contributed by atoms with van der Waals surface area (Å²) in [7, 11) is 1.77. The van der Waals surface area contributed by atoms with Gasteiger partial charge in [-0.1, -0.05) is 24.3 Å². The van der Waals surface area contributed by atoms with Gasteiger partial charge in [-0.15, -0.1) is 0 Å². The van der Waals surface area contributed by atoms with Crippen molar-refractivity contribution in [1.82, 2.24) is 4.90 Å². The first-order valence-corrected chi connectivity index (χ1v) is 9.52. The van der Waals surface area contributed by atoms with Crippen LogP contribution in [0.4, 0.5) is 5.69 Å². The van der Waals surface area contributed by atoms with Gasteiger partial charge in [-0.3, -0.25) is 9.59 Å². The number of nitrogens with zero attached hydrogens (tertiary/aromatic N) is 2. The zero-order valence-corrected chi connectivity index (χ0v) is 16.6. The summed E-state index contributed by atoms with van der Waals surface area (Å²) >= 11 is 0.